The second-order valence-electron chi connectivity index (χ2n) is 5.80. The fourth-order valence-corrected chi connectivity index (χ4v) is 2.50. The summed E-state index contributed by atoms with van der Waals surface area (Å²) >= 11 is 0. The Kier molecular flexibility index (Phi) is 5.77. The van der Waals surface area contributed by atoms with Crippen LogP contribution in [0.4, 0.5) is 0 Å². The average Bonchev–Trinajstić information content (AvgIpc) is 3.22. The number of rotatable bonds is 7. The maximum absolute atomic E-state index is 12.7. The Bertz CT molecular complexity index is 833. The molecule has 1 N–H and O–H groups in total. The van der Waals surface area contributed by atoms with Crippen molar-refractivity contribution in [3.63, 3.8) is 0 Å². The lowest BCUT2D eigenvalue weighted by Gasteiger charge is -2.22. The van der Waals surface area contributed by atoms with Crippen LogP contribution < -0.4 is 5.32 Å². The van der Waals surface area contributed by atoms with Crippen LogP contribution in [0.2, 0.25) is 0 Å². The molecule has 3 rings (SSSR count). The Morgan fingerprint density at radius 3 is 2.54 bits per heavy atom. The van der Waals surface area contributed by atoms with Gasteiger partial charge in [0.25, 0.3) is 5.91 Å². The quantitative estimate of drug-likeness (QED) is 0.711. The van der Waals surface area contributed by atoms with Gasteiger partial charge >= 0.3 is 0 Å². The molecule has 0 radical (unpaired) electrons. The zero-order valence-electron chi connectivity index (χ0n) is 14.2. The first kappa shape index (κ1) is 17.4. The van der Waals surface area contributed by atoms with Gasteiger partial charge in [0.05, 0.1) is 11.8 Å². The summed E-state index contributed by atoms with van der Waals surface area (Å²) in [6.07, 6.45) is 6.19. The number of benzene rings is 1. The molecule has 0 aliphatic heterocycles. The third kappa shape index (κ3) is 4.80. The van der Waals surface area contributed by atoms with E-state index in [1.807, 2.05) is 42.5 Å². The number of nitrogens with zero attached hydrogens (tertiary/aromatic N) is 2. The first-order chi connectivity index (χ1) is 12.7. The zero-order chi connectivity index (χ0) is 18.2. The molecule has 0 saturated heterocycles. The molecule has 0 atom stereocenters. The van der Waals surface area contributed by atoms with E-state index in [0.717, 1.165) is 11.1 Å². The third-order valence-corrected chi connectivity index (χ3v) is 3.82. The fourth-order valence-electron chi connectivity index (χ4n) is 2.50. The van der Waals surface area contributed by atoms with Crippen LogP contribution in [0.3, 0.4) is 0 Å². The first-order valence-electron chi connectivity index (χ1n) is 8.23. The molecule has 26 heavy (non-hydrogen) atoms. The fraction of sp³-hybridized carbons (Fsp3) is 0.150. The van der Waals surface area contributed by atoms with E-state index in [9.17, 15) is 9.59 Å². The molecule has 0 unspecified atom stereocenters. The van der Waals surface area contributed by atoms with Crippen LogP contribution in [0.15, 0.2) is 77.9 Å². The van der Waals surface area contributed by atoms with Gasteiger partial charge in [0, 0.05) is 25.5 Å². The summed E-state index contributed by atoms with van der Waals surface area (Å²) in [5, 5.41) is 2.82. The lowest BCUT2D eigenvalue weighted by molar-refractivity contribution is -0.122. The van der Waals surface area contributed by atoms with Crippen molar-refractivity contribution in [2.45, 2.75) is 13.1 Å². The summed E-state index contributed by atoms with van der Waals surface area (Å²) in [7, 11) is 0. The summed E-state index contributed by atoms with van der Waals surface area (Å²) in [5.41, 5.74) is 2.27. The maximum Gasteiger partial charge on any atom is 0.257 e. The van der Waals surface area contributed by atoms with Gasteiger partial charge in [-0.15, -0.1) is 0 Å². The standard InChI is InChI=1S/C20H19N3O3/c24-19(22-12-17-7-4-9-21-11-17)14-23(13-16-5-2-1-3-6-16)20(25)18-8-10-26-15-18/h1-11,15H,12-14H2,(H,22,24). The Balaban J connectivity index is 1.66. The highest BCUT2D eigenvalue weighted by Crippen LogP contribution is 2.10. The molecule has 0 aliphatic carbocycles. The molecular formula is C20H19N3O3. The monoisotopic (exact) mass is 349 g/mol. The summed E-state index contributed by atoms with van der Waals surface area (Å²) in [6, 6.07) is 14.8. The topological polar surface area (TPSA) is 75.4 Å². The van der Waals surface area contributed by atoms with Gasteiger partial charge < -0.3 is 14.6 Å². The molecule has 6 nitrogen and oxygen atoms in total. The Morgan fingerprint density at radius 2 is 1.85 bits per heavy atom. The van der Waals surface area contributed by atoms with Crippen LogP contribution in [0.5, 0.6) is 0 Å². The molecule has 2 heterocycles. The predicted octanol–water partition coefficient (Wildman–Crippen LogP) is 2.63. The van der Waals surface area contributed by atoms with Crippen LogP contribution in [0.1, 0.15) is 21.5 Å². The molecule has 0 saturated carbocycles. The summed E-state index contributed by atoms with van der Waals surface area (Å²) < 4.78 is 4.99. The highest BCUT2D eigenvalue weighted by atomic mass is 16.3. The predicted molar refractivity (Wildman–Crippen MR) is 96.0 cm³/mol. The average molecular weight is 349 g/mol. The number of nitrogens with one attached hydrogen (secondary N) is 1. The van der Waals surface area contributed by atoms with Gasteiger partial charge in [-0.2, -0.15) is 0 Å². The first-order valence-corrected chi connectivity index (χ1v) is 8.23. The number of carbonyl (C=O) groups excluding carboxylic acids is 2. The van der Waals surface area contributed by atoms with Gasteiger partial charge in [0.15, 0.2) is 0 Å². The summed E-state index contributed by atoms with van der Waals surface area (Å²) in [6.45, 7) is 0.663. The van der Waals surface area contributed by atoms with Crippen molar-refractivity contribution >= 4 is 11.8 Å². The minimum Gasteiger partial charge on any atom is -0.472 e. The zero-order valence-corrected chi connectivity index (χ0v) is 14.2. The Morgan fingerprint density at radius 1 is 1.04 bits per heavy atom. The Labute approximate surface area is 151 Å². The number of amides is 2. The second-order valence-corrected chi connectivity index (χ2v) is 5.80. The van der Waals surface area contributed by atoms with E-state index < -0.39 is 0 Å². The van der Waals surface area contributed by atoms with Gasteiger partial charge in [0.1, 0.15) is 12.8 Å². The van der Waals surface area contributed by atoms with E-state index in [4.69, 9.17) is 4.42 Å². The van der Waals surface area contributed by atoms with Crippen molar-refractivity contribution in [2.75, 3.05) is 6.54 Å². The molecule has 2 aromatic heterocycles. The smallest absolute Gasteiger partial charge is 0.257 e. The van der Waals surface area contributed by atoms with Crippen LogP contribution >= 0.6 is 0 Å². The van der Waals surface area contributed by atoms with Crippen LogP contribution in [0, 0.1) is 0 Å². The Hall–Kier alpha value is -3.41. The molecule has 0 aliphatic rings. The summed E-state index contributed by atoms with van der Waals surface area (Å²) in [5.74, 6) is -0.485. The van der Waals surface area contributed by atoms with E-state index in [1.54, 1.807) is 18.5 Å². The van der Waals surface area contributed by atoms with Crippen LogP contribution in [-0.2, 0) is 17.9 Å². The van der Waals surface area contributed by atoms with Crippen molar-refractivity contribution < 1.29 is 14.0 Å². The number of pyridine rings is 1. The van der Waals surface area contributed by atoms with E-state index in [-0.39, 0.29) is 18.4 Å². The minimum atomic E-state index is -0.251. The van der Waals surface area contributed by atoms with Crippen molar-refractivity contribution in [3.05, 3.63) is 90.1 Å². The van der Waals surface area contributed by atoms with E-state index in [2.05, 4.69) is 10.3 Å². The molecule has 0 spiro atoms. The lowest BCUT2D eigenvalue weighted by atomic mass is 10.2. The SMILES string of the molecule is O=C(CN(Cc1ccccc1)C(=O)c1ccoc1)NCc1cccnc1. The number of carbonyl (C=O) groups is 2. The molecular weight excluding hydrogens is 330 g/mol. The number of hydrogen-bond acceptors (Lipinski definition) is 4. The lowest BCUT2D eigenvalue weighted by Crippen LogP contribution is -2.40. The second kappa shape index (κ2) is 8.62. The van der Waals surface area contributed by atoms with E-state index in [1.165, 1.54) is 17.4 Å². The number of furan rings is 1. The van der Waals surface area contributed by atoms with Crippen molar-refractivity contribution in [1.82, 2.24) is 15.2 Å². The van der Waals surface area contributed by atoms with Crippen LogP contribution in [-0.4, -0.2) is 28.2 Å². The third-order valence-electron chi connectivity index (χ3n) is 3.82. The van der Waals surface area contributed by atoms with E-state index >= 15 is 0 Å². The highest BCUT2D eigenvalue weighted by Gasteiger charge is 2.20. The number of hydrogen-bond donors (Lipinski definition) is 1. The highest BCUT2D eigenvalue weighted by molar-refractivity contribution is 5.96. The van der Waals surface area contributed by atoms with Gasteiger partial charge in [0.2, 0.25) is 5.91 Å². The molecule has 6 heteroatoms. The molecule has 132 valence electrons. The minimum absolute atomic E-state index is 0.0425. The van der Waals surface area contributed by atoms with Gasteiger partial charge in [-0.3, -0.25) is 14.6 Å². The van der Waals surface area contributed by atoms with Gasteiger partial charge in [-0.25, -0.2) is 0 Å². The molecule has 2 amide bonds. The largest absolute Gasteiger partial charge is 0.472 e. The van der Waals surface area contributed by atoms with Crippen molar-refractivity contribution in [2.24, 2.45) is 0 Å². The number of aromatic nitrogens is 1. The van der Waals surface area contributed by atoms with Gasteiger partial charge in [-0.1, -0.05) is 36.4 Å². The van der Waals surface area contributed by atoms with Crippen molar-refractivity contribution in [1.29, 1.82) is 0 Å². The van der Waals surface area contributed by atoms with E-state index in [0.29, 0.717) is 18.7 Å². The molecule has 0 fully saturated rings. The van der Waals surface area contributed by atoms with Gasteiger partial charge in [-0.05, 0) is 23.3 Å². The van der Waals surface area contributed by atoms with Crippen LogP contribution in [0.25, 0.3) is 0 Å². The normalized spacial score (nSPS) is 10.3. The molecule has 1 aromatic carbocycles. The van der Waals surface area contributed by atoms with Crippen molar-refractivity contribution in [3.8, 4) is 0 Å². The molecule has 0 bridgehead atoms. The molecule has 3 aromatic rings. The summed E-state index contributed by atoms with van der Waals surface area (Å²) in [4.78, 5) is 30.6. The maximum atomic E-state index is 12.7.